The number of carbonyl (C=O) groups is 1. The van der Waals surface area contributed by atoms with E-state index in [9.17, 15) is 13.2 Å². The van der Waals surface area contributed by atoms with Crippen LogP contribution < -0.4 is 0 Å². The van der Waals surface area contributed by atoms with Gasteiger partial charge in [-0.25, -0.2) is 0 Å². The van der Waals surface area contributed by atoms with E-state index in [1.165, 1.54) is 26.0 Å². The minimum absolute atomic E-state index is 0.0244. The molecule has 1 aliphatic rings. The van der Waals surface area contributed by atoms with E-state index in [1.807, 2.05) is 6.92 Å². The van der Waals surface area contributed by atoms with Crippen LogP contribution in [0.5, 0.6) is 0 Å². The lowest BCUT2D eigenvalue weighted by atomic mass is 9.86. The number of carbonyl (C=O) groups excluding carboxylic acids is 1. The summed E-state index contributed by atoms with van der Waals surface area (Å²) in [5.74, 6) is -0.797. The van der Waals surface area contributed by atoms with E-state index >= 15 is 0 Å². The Morgan fingerprint density at radius 1 is 1.04 bits per heavy atom. The number of allylic oxidation sites excluding steroid dienone is 2. The lowest BCUT2D eigenvalue weighted by Gasteiger charge is -2.38. The van der Waals surface area contributed by atoms with Gasteiger partial charge in [0.05, 0.1) is 15.6 Å². The van der Waals surface area contributed by atoms with Gasteiger partial charge in [-0.1, -0.05) is 52.5 Å². The number of nitrogens with zero attached hydrogens (tertiary/aromatic N) is 1. The number of halogens is 4. The lowest BCUT2D eigenvalue weighted by molar-refractivity contribution is -0.116. The minimum atomic E-state index is -4.09. The molecule has 24 heavy (non-hydrogen) atoms. The van der Waals surface area contributed by atoms with Gasteiger partial charge in [0.25, 0.3) is 10.0 Å². The number of aryl methyl sites for hydroxylation is 1. The fourth-order valence-electron chi connectivity index (χ4n) is 2.16. The Balaban J connectivity index is 2.70. The van der Waals surface area contributed by atoms with Gasteiger partial charge in [0.1, 0.15) is 4.87 Å². The second kappa shape index (κ2) is 6.29. The first-order valence-corrected chi connectivity index (χ1v) is 9.68. The molecule has 1 unspecified atom stereocenters. The van der Waals surface area contributed by atoms with Gasteiger partial charge in [0.15, 0.2) is 0 Å². The molecule has 1 aromatic carbocycles. The van der Waals surface area contributed by atoms with Crippen molar-refractivity contribution in [1.29, 1.82) is 0 Å². The largest absolute Gasteiger partial charge is 0.290 e. The number of hydrogen-bond acceptors (Lipinski definition) is 3. The topological polar surface area (TPSA) is 63.6 Å². The monoisotopic (exact) mass is 427 g/mol. The smallest absolute Gasteiger partial charge is 0.282 e. The second-order valence-electron chi connectivity index (χ2n) is 5.57. The highest BCUT2D eigenvalue weighted by atomic mass is 35.5. The number of hydrogen-bond donors (Lipinski definition) is 0. The second-order valence-corrected chi connectivity index (χ2v) is 9.64. The summed E-state index contributed by atoms with van der Waals surface area (Å²) in [7, 11) is -4.09. The highest BCUT2D eigenvalue weighted by molar-refractivity contribution is 7.90. The summed E-state index contributed by atoms with van der Waals surface area (Å²) in [5.41, 5.74) is 0.845. The van der Waals surface area contributed by atoms with Crippen LogP contribution in [0.25, 0.3) is 0 Å². The van der Waals surface area contributed by atoms with Crippen LogP contribution >= 0.6 is 46.4 Å². The molecule has 130 valence electrons. The minimum Gasteiger partial charge on any atom is -0.290 e. The fourth-order valence-corrected chi connectivity index (χ4v) is 4.32. The Bertz CT molecular complexity index is 868. The molecule has 2 rings (SSSR count). The van der Waals surface area contributed by atoms with Crippen molar-refractivity contribution < 1.29 is 13.2 Å². The summed E-state index contributed by atoms with van der Waals surface area (Å²) in [5, 5.41) is -0.295. The van der Waals surface area contributed by atoms with Crippen LogP contribution in [0.15, 0.2) is 44.2 Å². The summed E-state index contributed by atoms with van der Waals surface area (Å²) in [6, 6.07) is 6.12. The van der Waals surface area contributed by atoms with Crippen molar-refractivity contribution >= 4 is 67.9 Å². The number of rotatable bonds is 2. The Morgan fingerprint density at radius 3 is 2.04 bits per heavy atom. The molecule has 0 spiro atoms. The Labute approximate surface area is 160 Å². The van der Waals surface area contributed by atoms with Gasteiger partial charge >= 0.3 is 0 Å². The van der Waals surface area contributed by atoms with Crippen LogP contribution in [-0.4, -0.2) is 29.1 Å². The van der Waals surface area contributed by atoms with Gasteiger partial charge in [-0.2, -0.15) is 12.8 Å². The molecule has 0 N–H and O–H groups in total. The van der Waals surface area contributed by atoms with Crippen LogP contribution in [0.4, 0.5) is 0 Å². The van der Waals surface area contributed by atoms with Crippen molar-refractivity contribution in [2.45, 2.75) is 34.9 Å². The molecular weight excluding hydrogens is 416 g/mol. The van der Waals surface area contributed by atoms with Gasteiger partial charge in [-0.3, -0.25) is 4.79 Å². The molecule has 9 heteroatoms. The number of ketones is 1. The van der Waals surface area contributed by atoms with E-state index in [0.717, 1.165) is 5.56 Å². The molecule has 0 bridgehead atoms. The summed E-state index contributed by atoms with van der Waals surface area (Å²) < 4.78 is 26.8. The van der Waals surface area contributed by atoms with Crippen molar-refractivity contribution in [3.05, 3.63) is 40.4 Å². The average molecular weight is 429 g/mol. The summed E-state index contributed by atoms with van der Waals surface area (Å²) in [6.45, 7) is 4.59. The standard InChI is InChI=1S/C15H13Cl4NO3S/c1-8-4-6-10(7-5-8)24(22,23)20-12-9(2)11(16)13(21)15(18,19)14(12,3)17/h4-7H,1-3H3. The van der Waals surface area contributed by atoms with Gasteiger partial charge < -0.3 is 0 Å². The van der Waals surface area contributed by atoms with Crippen LogP contribution in [-0.2, 0) is 14.8 Å². The maximum absolute atomic E-state index is 12.6. The normalized spacial score (nSPS) is 26.1. The van der Waals surface area contributed by atoms with E-state index in [4.69, 9.17) is 46.4 Å². The highest BCUT2D eigenvalue weighted by Crippen LogP contribution is 2.48. The van der Waals surface area contributed by atoms with Gasteiger partial charge in [0, 0.05) is 0 Å². The van der Waals surface area contributed by atoms with E-state index in [0.29, 0.717) is 0 Å². The Hall–Kier alpha value is -0.590. The molecule has 0 heterocycles. The van der Waals surface area contributed by atoms with Gasteiger partial charge in [-0.05, 0) is 38.5 Å². The molecule has 0 aromatic heterocycles. The van der Waals surface area contributed by atoms with E-state index in [-0.39, 0.29) is 21.2 Å². The maximum Gasteiger partial charge on any atom is 0.282 e. The third kappa shape index (κ3) is 3.13. The zero-order valence-corrected chi connectivity index (χ0v) is 16.7. The Morgan fingerprint density at radius 2 is 1.54 bits per heavy atom. The highest BCUT2D eigenvalue weighted by Gasteiger charge is 2.58. The van der Waals surface area contributed by atoms with E-state index in [2.05, 4.69) is 4.40 Å². The Kier molecular flexibility index (Phi) is 5.17. The molecule has 1 aromatic rings. The molecule has 0 aliphatic heterocycles. The molecule has 0 radical (unpaired) electrons. The van der Waals surface area contributed by atoms with Gasteiger partial charge in [0.2, 0.25) is 10.1 Å². The van der Waals surface area contributed by atoms with Gasteiger partial charge in [-0.15, -0.1) is 11.6 Å². The number of Topliss-reactive ketones (excluding diaryl/α,β-unsaturated/α-hetero) is 1. The summed E-state index contributed by atoms with van der Waals surface area (Å²) in [6.07, 6.45) is 0. The van der Waals surface area contributed by atoms with Crippen molar-refractivity contribution in [3.63, 3.8) is 0 Å². The van der Waals surface area contributed by atoms with E-state index in [1.54, 1.807) is 12.1 Å². The molecule has 1 aliphatic carbocycles. The summed E-state index contributed by atoms with van der Waals surface area (Å²) in [4.78, 5) is 10.4. The third-order valence-electron chi connectivity index (χ3n) is 3.73. The molecule has 0 saturated carbocycles. The zero-order chi connectivity index (χ0) is 18.5. The van der Waals surface area contributed by atoms with Crippen LogP contribution in [0.2, 0.25) is 0 Å². The molecule has 0 amide bonds. The van der Waals surface area contributed by atoms with Crippen molar-refractivity contribution in [2.75, 3.05) is 0 Å². The third-order valence-corrected chi connectivity index (χ3v) is 7.23. The summed E-state index contributed by atoms with van der Waals surface area (Å²) >= 11 is 24.4. The predicted molar refractivity (Wildman–Crippen MR) is 98.1 cm³/mol. The number of alkyl halides is 3. The van der Waals surface area contributed by atoms with Crippen molar-refractivity contribution in [1.82, 2.24) is 0 Å². The number of sulfonamides is 1. The molecule has 0 saturated heterocycles. The first kappa shape index (κ1) is 19.7. The first-order chi connectivity index (χ1) is 10.8. The van der Waals surface area contributed by atoms with Crippen LogP contribution in [0, 0.1) is 6.92 Å². The van der Waals surface area contributed by atoms with E-state index < -0.39 is 25.0 Å². The first-order valence-electron chi connectivity index (χ1n) is 6.73. The van der Waals surface area contributed by atoms with Crippen molar-refractivity contribution in [3.8, 4) is 0 Å². The molecule has 0 fully saturated rings. The lowest BCUT2D eigenvalue weighted by Crippen LogP contribution is -2.55. The van der Waals surface area contributed by atoms with Crippen LogP contribution in [0.3, 0.4) is 0 Å². The SMILES string of the molecule is CC1=C(Cl)C(=O)C(Cl)(Cl)C(C)(Cl)C1=NS(=O)(=O)c1ccc(C)cc1. The average Bonchev–Trinajstić information content (AvgIpc) is 2.49. The predicted octanol–water partition coefficient (Wildman–Crippen LogP) is 4.39. The fraction of sp³-hybridized carbons (Fsp3) is 0.333. The van der Waals surface area contributed by atoms with Crippen LogP contribution in [0.1, 0.15) is 19.4 Å². The quantitative estimate of drug-likeness (QED) is 0.656. The molecular formula is C15H13Cl4NO3S. The number of benzene rings is 1. The van der Waals surface area contributed by atoms with Crippen molar-refractivity contribution in [2.24, 2.45) is 4.40 Å². The zero-order valence-electron chi connectivity index (χ0n) is 12.9. The molecule has 1 atom stereocenters. The maximum atomic E-state index is 12.6. The molecule has 4 nitrogen and oxygen atoms in total.